The highest BCUT2D eigenvalue weighted by Crippen LogP contribution is 2.13. The number of aromatic nitrogens is 4. The first-order valence-corrected chi connectivity index (χ1v) is 7.06. The molecule has 2 aromatic rings. The Morgan fingerprint density at radius 3 is 2.86 bits per heavy atom. The lowest BCUT2D eigenvalue weighted by Crippen LogP contribution is -2.39. The highest BCUT2D eigenvalue weighted by Gasteiger charge is 2.23. The second-order valence-electron chi connectivity index (χ2n) is 5.31. The highest BCUT2D eigenvalue weighted by molar-refractivity contribution is 5.84. The molecule has 0 spiro atoms. The number of nitrogens with zero attached hydrogens (tertiary/aromatic N) is 4. The summed E-state index contributed by atoms with van der Waals surface area (Å²) in [6, 6.07) is 1.29. The molecule has 3 rings (SSSR count). The van der Waals surface area contributed by atoms with Crippen LogP contribution in [0.2, 0.25) is 0 Å². The number of H-pyrrole nitrogens is 1. The Balaban J connectivity index is 1.81. The molecule has 1 aliphatic rings. The van der Waals surface area contributed by atoms with Gasteiger partial charge in [0, 0.05) is 19.2 Å². The van der Waals surface area contributed by atoms with E-state index in [2.05, 4.69) is 20.5 Å². The van der Waals surface area contributed by atoms with Crippen LogP contribution in [0.1, 0.15) is 25.6 Å². The zero-order valence-corrected chi connectivity index (χ0v) is 12.1. The summed E-state index contributed by atoms with van der Waals surface area (Å²) in [5, 5.41) is 9.39. The predicted molar refractivity (Wildman–Crippen MR) is 77.2 cm³/mol. The van der Waals surface area contributed by atoms with Crippen LogP contribution in [0.25, 0.3) is 5.65 Å². The molecule has 8 nitrogen and oxygen atoms in total. The Morgan fingerprint density at radius 1 is 1.43 bits per heavy atom. The maximum atomic E-state index is 12.3. The predicted octanol–water partition coefficient (Wildman–Crippen LogP) is 0.149. The maximum absolute atomic E-state index is 12.3. The molecule has 1 unspecified atom stereocenters. The number of hydrogen-bond donors (Lipinski definition) is 2. The fourth-order valence-electron chi connectivity index (χ4n) is 2.67. The molecule has 1 fully saturated rings. The highest BCUT2D eigenvalue weighted by atomic mass is 16.2. The first-order valence-electron chi connectivity index (χ1n) is 7.06. The number of carbonyl (C=O) groups excluding carboxylic acids is 1. The molecule has 0 aromatic carbocycles. The molecule has 1 atom stereocenters. The van der Waals surface area contributed by atoms with E-state index in [1.165, 1.54) is 4.40 Å². The molecule has 21 heavy (non-hydrogen) atoms. The second-order valence-corrected chi connectivity index (χ2v) is 5.31. The Morgan fingerprint density at radius 2 is 2.14 bits per heavy atom. The van der Waals surface area contributed by atoms with Gasteiger partial charge in [0.2, 0.25) is 5.91 Å². The summed E-state index contributed by atoms with van der Waals surface area (Å²) >= 11 is 0. The number of nitrogens with one attached hydrogen (secondary N) is 2. The van der Waals surface area contributed by atoms with Crippen molar-refractivity contribution < 1.29 is 4.79 Å². The SMILES string of the molecule is Cc1nc(NC(C)C(=O)N2CCCC2)cc2n[nH]c(=O)n12. The fraction of sp³-hybridized carbons (Fsp3) is 0.538. The number of likely N-dealkylation sites (tertiary alicyclic amines) is 1. The van der Waals surface area contributed by atoms with E-state index in [9.17, 15) is 9.59 Å². The molecule has 1 aliphatic heterocycles. The van der Waals surface area contributed by atoms with E-state index >= 15 is 0 Å². The van der Waals surface area contributed by atoms with Gasteiger partial charge in [-0.3, -0.25) is 4.79 Å². The Hall–Kier alpha value is -2.38. The number of fused-ring (bicyclic) bond motifs is 1. The van der Waals surface area contributed by atoms with E-state index in [0.717, 1.165) is 25.9 Å². The summed E-state index contributed by atoms with van der Waals surface area (Å²) in [6.07, 6.45) is 2.13. The van der Waals surface area contributed by atoms with Crippen LogP contribution in [0.3, 0.4) is 0 Å². The van der Waals surface area contributed by atoms with Crippen LogP contribution < -0.4 is 11.0 Å². The van der Waals surface area contributed by atoms with Gasteiger partial charge in [-0.1, -0.05) is 0 Å². The van der Waals surface area contributed by atoms with E-state index in [1.807, 2.05) is 11.8 Å². The van der Waals surface area contributed by atoms with E-state index in [1.54, 1.807) is 13.0 Å². The van der Waals surface area contributed by atoms with Gasteiger partial charge in [-0.25, -0.2) is 19.3 Å². The van der Waals surface area contributed by atoms with Crippen molar-refractivity contribution in [2.45, 2.75) is 32.7 Å². The van der Waals surface area contributed by atoms with Gasteiger partial charge in [-0.2, -0.15) is 5.10 Å². The van der Waals surface area contributed by atoms with Gasteiger partial charge in [0.15, 0.2) is 5.65 Å². The van der Waals surface area contributed by atoms with Crippen molar-refractivity contribution in [1.29, 1.82) is 0 Å². The third kappa shape index (κ3) is 2.48. The van der Waals surface area contributed by atoms with Crippen molar-refractivity contribution in [2.24, 2.45) is 0 Å². The molecule has 1 amide bonds. The molecule has 8 heteroatoms. The van der Waals surface area contributed by atoms with Crippen LogP contribution in [-0.4, -0.2) is 49.5 Å². The Kier molecular flexibility index (Phi) is 3.36. The van der Waals surface area contributed by atoms with Gasteiger partial charge in [0.25, 0.3) is 0 Å². The number of rotatable bonds is 3. The normalized spacial score (nSPS) is 16.4. The maximum Gasteiger partial charge on any atom is 0.349 e. The summed E-state index contributed by atoms with van der Waals surface area (Å²) in [5.41, 5.74) is 0.165. The fourth-order valence-corrected chi connectivity index (χ4v) is 2.67. The van der Waals surface area contributed by atoms with Gasteiger partial charge in [0.1, 0.15) is 17.7 Å². The molecule has 112 valence electrons. The quantitative estimate of drug-likeness (QED) is 0.839. The van der Waals surface area contributed by atoms with Crippen molar-refractivity contribution in [2.75, 3.05) is 18.4 Å². The number of carbonyl (C=O) groups is 1. The third-order valence-corrected chi connectivity index (χ3v) is 3.72. The average molecular weight is 290 g/mol. The van der Waals surface area contributed by atoms with Crippen molar-refractivity contribution in [1.82, 2.24) is 24.5 Å². The number of anilines is 1. The minimum Gasteiger partial charge on any atom is -0.358 e. The lowest BCUT2D eigenvalue weighted by Gasteiger charge is -2.21. The van der Waals surface area contributed by atoms with Crippen LogP contribution in [-0.2, 0) is 4.79 Å². The summed E-state index contributed by atoms with van der Waals surface area (Å²) in [7, 11) is 0. The molecule has 0 aliphatic carbocycles. The summed E-state index contributed by atoms with van der Waals surface area (Å²) in [4.78, 5) is 30.0. The van der Waals surface area contributed by atoms with Crippen LogP contribution in [0.5, 0.6) is 0 Å². The standard InChI is InChI=1S/C13H18N6O2/c1-8(12(20)18-5-3-4-6-18)14-10-7-11-16-17-13(21)19(11)9(2)15-10/h7-8,14H,3-6H2,1-2H3,(H,17,21). The van der Waals surface area contributed by atoms with E-state index < -0.39 is 0 Å². The Bertz CT molecular complexity index is 728. The second kappa shape index (κ2) is 5.19. The average Bonchev–Trinajstić information content (AvgIpc) is 3.08. The number of aryl methyl sites for hydroxylation is 1. The van der Waals surface area contributed by atoms with Gasteiger partial charge in [-0.15, -0.1) is 0 Å². The Labute approximate surface area is 121 Å². The smallest absolute Gasteiger partial charge is 0.349 e. The minimum absolute atomic E-state index is 0.0752. The van der Waals surface area contributed by atoms with Crippen molar-refractivity contribution in [3.05, 3.63) is 22.4 Å². The number of aromatic amines is 1. The van der Waals surface area contributed by atoms with Gasteiger partial charge < -0.3 is 10.2 Å². The summed E-state index contributed by atoms with van der Waals surface area (Å²) in [5.74, 6) is 1.14. The molecule has 0 bridgehead atoms. The van der Waals surface area contributed by atoms with Gasteiger partial charge in [0.05, 0.1) is 0 Å². The lowest BCUT2D eigenvalue weighted by molar-refractivity contribution is -0.130. The molecular weight excluding hydrogens is 272 g/mol. The van der Waals surface area contributed by atoms with Crippen LogP contribution in [0.15, 0.2) is 10.9 Å². The summed E-state index contributed by atoms with van der Waals surface area (Å²) in [6.45, 7) is 5.19. The van der Waals surface area contributed by atoms with Gasteiger partial charge in [-0.05, 0) is 26.7 Å². The van der Waals surface area contributed by atoms with E-state index in [-0.39, 0.29) is 17.6 Å². The first-order chi connectivity index (χ1) is 10.1. The molecule has 1 saturated heterocycles. The third-order valence-electron chi connectivity index (χ3n) is 3.72. The monoisotopic (exact) mass is 290 g/mol. The number of hydrogen-bond acceptors (Lipinski definition) is 5. The van der Waals surface area contributed by atoms with Crippen molar-refractivity contribution in [3.63, 3.8) is 0 Å². The first kappa shape index (κ1) is 13.6. The van der Waals surface area contributed by atoms with Crippen LogP contribution in [0, 0.1) is 6.92 Å². The van der Waals surface area contributed by atoms with Gasteiger partial charge >= 0.3 is 5.69 Å². The van der Waals surface area contributed by atoms with Crippen molar-refractivity contribution >= 4 is 17.4 Å². The van der Waals surface area contributed by atoms with Crippen molar-refractivity contribution in [3.8, 4) is 0 Å². The molecule has 2 N–H and O–H groups in total. The molecule has 2 aromatic heterocycles. The van der Waals surface area contributed by atoms with Crippen LogP contribution in [0.4, 0.5) is 5.82 Å². The van der Waals surface area contributed by atoms with E-state index in [4.69, 9.17) is 0 Å². The van der Waals surface area contributed by atoms with Crippen LogP contribution >= 0.6 is 0 Å². The molecule has 0 saturated carbocycles. The number of amides is 1. The largest absolute Gasteiger partial charge is 0.358 e. The minimum atomic E-state index is -0.358. The van der Waals surface area contributed by atoms with E-state index in [0.29, 0.717) is 17.3 Å². The summed E-state index contributed by atoms with van der Waals surface area (Å²) < 4.78 is 1.39. The topological polar surface area (TPSA) is 95.4 Å². The zero-order valence-electron chi connectivity index (χ0n) is 12.1. The molecule has 0 radical (unpaired) electrons. The molecule has 3 heterocycles. The molecular formula is C13H18N6O2. The zero-order chi connectivity index (χ0) is 15.0. The lowest BCUT2D eigenvalue weighted by atomic mass is 10.3.